The Morgan fingerprint density at radius 3 is 2.59 bits per heavy atom. The molecule has 2 aromatic heterocycles. The van der Waals surface area contributed by atoms with Crippen LogP contribution in [0.1, 0.15) is 16.1 Å². The Labute approximate surface area is 261 Å². The highest BCUT2D eigenvalue weighted by Crippen LogP contribution is 2.37. The van der Waals surface area contributed by atoms with E-state index in [2.05, 4.69) is 19.9 Å². The van der Waals surface area contributed by atoms with Gasteiger partial charge in [0.15, 0.2) is 0 Å². The molecular formula is C29H31F3N4O5S3. The van der Waals surface area contributed by atoms with Gasteiger partial charge in [0, 0.05) is 55.7 Å². The van der Waals surface area contributed by atoms with E-state index in [1.54, 1.807) is 23.2 Å². The van der Waals surface area contributed by atoms with Gasteiger partial charge in [-0.05, 0) is 29.1 Å². The Kier molecular flexibility index (Phi) is 10.1. The number of thiophene rings is 1. The molecule has 1 atom stereocenters. The van der Waals surface area contributed by atoms with Gasteiger partial charge in [0.25, 0.3) is 15.9 Å². The van der Waals surface area contributed by atoms with Gasteiger partial charge in [-0.15, -0.1) is 24.5 Å². The van der Waals surface area contributed by atoms with Crippen LogP contribution in [0.25, 0.3) is 10.9 Å². The third-order valence-electron chi connectivity index (χ3n) is 6.99. The molecule has 0 saturated carbocycles. The highest BCUT2D eigenvalue weighted by atomic mass is 32.2. The van der Waals surface area contributed by atoms with E-state index in [0.29, 0.717) is 19.8 Å². The zero-order chi connectivity index (χ0) is 31.3. The van der Waals surface area contributed by atoms with Crippen molar-refractivity contribution in [3.05, 3.63) is 77.3 Å². The van der Waals surface area contributed by atoms with E-state index in [1.165, 1.54) is 19.2 Å². The highest BCUT2D eigenvalue weighted by molar-refractivity contribution is 7.99. The molecule has 1 aliphatic heterocycles. The molecule has 1 amide bonds. The molecule has 0 aliphatic carbocycles. The predicted octanol–water partition coefficient (Wildman–Crippen LogP) is 5.32. The number of sulfonamides is 1. The number of aromatic nitrogens is 1. The van der Waals surface area contributed by atoms with Crippen LogP contribution in [0.2, 0.25) is 0 Å². The molecule has 0 spiro atoms. The Balaban J connectivity index is 1.38. The number of ether oxygens (including phenoxy) is 2. The quantitative estimate of drug-likeness (QED) is 0.211. The minimum absolute atomic E-state index is 0.0131. The summed E-state index contributed by atoms with van der Waals surface area (Å²) < 4.78 is 76.4. The van der Waals surface area contributed by atoms with Crippen LogP contribution in [0, 0.1) is 0 Å². The Morgan fingerprint density at radius 2 is 1.91 bits per heavy atom. The lowest BCUT2D eigenvalue weighted by atomic mass is 10.2. The van der Waals surface area contributed by atoms with Gasteiger partial charge in [-0.2, -0.15) is 11.8 Å². The number of hydrogen-bond acceptors (Lipinski definition) is 8. The zero-order valence-corrected chi connectivity index (χ0v) is 26.1. The maximum atomic E-state index is 13.3. The third kappa shape index (κ3) is 8.07. The maximum Gasteiger partial charge on any atom is 0.573 e. The fourth-order valence-electron chi connectivity index (χ4n) is 4.77. The molecule has 1 unspecified atom stereocenters. The predicted molar refractivity (Wildman–Crippen MR) is 166 cm³/mol. The molecule has 1 aliphatic rings. The first kappa shape index (κ1) is 32.2. The van der Waals surface area contributed by atoms with Crippen molar-refractivity contribution in [3.63, 3.8) is 0 Å². The van der Waals surface area contributed by atoms with Gasteiger partial charge in [0.05, 0.1) is 24.4 Å². The van der Waals surface area contributed by atoms with Crippen molar-refractivity contribution < 1.29 is 35.9 Å². The number of nitrogens with one attached hydrogen (secondary N) is 2. The molecule has 44 heavy (non-hydrogen) atoms. The number of rotatable bonds is 12. The lowest BCUT2D eigenvalue weighted by molar-refractivity contribution is -0.274. The molecule has 3 heterocycles. The Morgan fingerprint density at radius 1 is 1.16 bits per heavy atom. The summed E-state index contributed by atoms with van der Waals surface area (Å²) in [5, 5.41) is 4.77. The average molecular weight is 669 g/mol. The van der Waals surface area contributed by atoms with E-state index < -0.39 is 28.0 Å². The standard InChI is InChI=1S/C29H31F3N4O5S3/c1-35(44(38,39)26-8-5-13-42-26)25-16-22(41-29(30,31)32)14-21-15-24(34-27(21)25)28(37)33-17-23(18-36-9-11-40-12-10-36)43-19-20-6-3-2-4-7-20/h2-8,13-16,23,34H,9-12,17-19H2,1H3,(H,33,37). The topological polar surface area (TPSA) is 104 Å². The lowest BCUT2D eigenvalue weighted by Gasteiger charge is -2.30. The number of fused-ring (bicyclic) bond motifs is 1. The largest absolute Gasteiger partial charge is 0.573 e. The number of thioether (sulfide) groups is 1. The summed E-state index contributed by atoms with van der Waals surface area (Å²) in [5.74, 6) is -0.322. The number of anilines is 1. The number of benzene rings is 2. The molecular weight excluding hydrogens is 638 g/mol. The first-order chi connectivity index (χ1) is 21.0. The molecule has 236 valence electrons. The molecule has 5 rings (SSSR count). The summed E-state index contributed by atoms with van der Waals surface area (Å²) in [5.41, 5.74) is 1.32. The first-order valence-electron chi connectivity index (χ1n) is 13.7. The van der Waals surface area contributed by atoms with E-state index >= 15 is 0 Å². The number of aromatic amines is 1. The summed E-state index contributed by atoms with van der Waals surface area (Å²) >= 11 is 2.70. The summed E-state index contributed by atoms with van der Waals surface area (Å²) in [6, 6.07) is 16.5. The fraction of sp³-hybridized carbons (Fsp3) is 0.345. The number of nitrogens with zero attached hydrogens (tertiary/aromatic N) is 2. The van der Waals surface area contributed by atoms with Crippen molar-refractivity contribution in [3.8, 4) is 5.75 Å². The normalized spacial score (nSPS) is 15.3. The number of morpholine rings is 1. The van der Waals surface area contributed by atoms with E-state index in [-0.39, 0.29) is 31.7 Å². The number of H-pyrrole nitrogens is 1. The second-order valence-electron chi connectivity index (χ2n) is 10.1. The van der Waals surface area contributed by atoms with Crippen LogP contribution in [0.4, 0.5) is 18.9 Å². The Bertz CT molecular complexity index is 1660. The van der Waals surface area contributed by atoms with E-state index in [1.807, 2.05) is 30.3 Å². The minimum Gasteiger partial charge on any atom is -0.406 e. The van der Waals surface area contributed by atoms with Gasteiger partial charge < -0.3 is 19.8 Å². The number of carbonyl (C=O) groups excluding carboxylic acids is 1. The van der Waals surface area contributed by atoms with Crippen LogP contribution < -0.4 is 14.4 Å². The van der Waals surface area contributed by atoms with Crippen LogP contribution in [-0.4, -0.2) is 82.3 Å². The number of hydrogen-bond donors (Lipinski definition) is 2. The van der Waals surface area contributed by atoms with Crippen molar-refractivity contribution in [1.29, 1.82) is 0 Å². The zero-order valence-electron chi connectivity index (χ0n) is 23.7. The summed E-state index contributed by atoms with van der Waals surface area (Å²) in [6.45, 7) is 3.97. The van der Waals surface area contributed by atoms with E-state index in [4.69, 9.17) is 4.74 Å². The van der Waals surface area contributed by atoms with E-state index in [9.17, 15) is 26.4 Å². The van der Waals surface area contributed by atoms with Gasteiger partial charge in [0.1, 0.15) is 15.7 Å². The van der Waals surface area contributed by atoms with Crippen LogP contribution in [0.15, 0.2) is 70.3 Å². The van der Waals surface area contributed by atoms with Crippen LogP contribution in [0.5, 0.6) is 5.75 Å². The molecule has 2 N–H and O–H groups in total. The van der Waals surface area contributed by atoms with Gasteiger partial charge >= 0.3 is 6.36 Å². The van der Waals surface area contributed by atoms with Crippen molar-refractivity contribution in [2.24, 2.45) is 0 Å². The number of alkyl halides is 3. The molecule has 1 fully saturated rings. The second-order valence-corrected chi connectivity index (χ2v) is 14.5. The maximum absolute atomic E-state index is 13.3. The molecule has 15 heteroatoms. The average Bonchev–Trinajstić information content (AvgIpc) is 3.69. The van der Waals surface area contributed by atoms with Crippen molar-refractivity contribution in [1.82, 2.24) is 15.2 Å². The van der Waals surface area contributed by atoms with Crippen LogP contribution in [0.3, 0.4) is 0 Å². The van der Waals surface area contributed by atoms with Crippen LogP contribution >= 0.6 is 23.1 Å². The molecule has 1 saturated heterocycles. The molecule has 2 aromatic carbocycles. The number of carbonyl (C=O) groups is 1. The van der Waals surface area contributed by atoms with Crippen molar-refractivity contribution >= 4 is 55.6 Å². The number of amides is 1. The van der Waals surface area contributed by atoms with Gasteiger partial charge in [-0.3, -0.25) is 14.0 Å². The van der Waals surface area contributed by atoms with Gasteiger partial charge in [-0.1, -0.05) is 36.4 Å². The van der Waals surface area contributed by atoms with Crippen LogP contribution in [-0.2, 0) is 20.5 Å². The highest BCUT2D eigenvalue weighted by Gasteiger charge is 2.33. The van der Waals surface area contributed by atoms with E-state index in [0.717, 1.165) is 58.7 Å². The van der Waals surface area contributed by atoms with Crippen molar-refractivity contribution in [2.45, 2.75) is 21.6 Å². The lowest BCUT2D eigenvalue weighted by Crippen LogP contribution is -2.43. The fourth-order valence-corrected chi connectivity index (χ4v) is 8.27. The molecule has 0 bridgehead atoms. The SMILES string of the molecule is CN(c1cc(OC(F)(F)F)cc2cc(C(=O)NCC(CN3CCOCC3)SCc3ccccc3)[nH]c12)S(=O)(=O)c1cccs1. The monoisotopic (exact) mass is 668 g/mol. The summed E-state index contributed by atoms with van der Waals surface area (Å²) in [4.78, 5) is 18.6. The second kappa shape index (κ2) is 13.8. The summed E-state index contributed by atoms with van der Waals surface area (Å²) in [6.07, 6.45) is -5.00. The number of halogens is 3. The third-order valence-corrected chi connectivity index (χ3v) is 11.4. The molecule has 0 radical (unpaired) electrons. The van der Waals surface area contributed by atoms with Gasteiger partial charge in [0.2, 0.25) is 0 Å². The summed E-state index contributed by atoms with van der Waals surface area (Å²) in [7, 11) is -2.86. The minimum atomic E-state index is -5.00. The smallest absolute Gasteiger partial charge is 0.406 e. The first-order valence-corrected chi connectivity index (χ1v) is 17.1. The molecule has 9 nitrogen and oxygen atoms in total. The van der Waals surface area contributed by atoms with Gasteiger partial charge in [-0.25, -0.2) is 8.42 Å². The van der Waals surface area contributed by atoms with Crippen molar-refractivity contribution in [2.75, 3.05) is 50.7 Å². The Hall–Kier alpha value is -3.24. The molecule has 4 aromatic rings.